The third kappa shape index (κ3) is 5.20. The number of benzene rings is 1. The van der Waals surface area contributed by atoms with Crippen molar-refractivity contribution in [2.24, 2.45) is 11.1 Å². The van der Waals surface area contributed by atoms with Crippen LogP contribution in [0.4, 0.5) is 0 Å². The summed E-state index contributed by atoms with van der Waals surface area (Å²) in [5, 5.41) is 5.06. The third-order valence-electron chi connectivity index (χ3n) is 4.46. The average Bonchev–Trinajstić information content (AvgIpc) is 3.19. The van der Waals surface area contributed by atoms with Crippen molar-refractivity contribution in [3.63, 3.8) is 0 Å². The molecule has 152 valence electrons. The number of primary sulfonamides is 1. The number of aromatic nitrogens is 1. The molecule has 0 unspecified atom stereocenters. The summed E-state index contributed by atoms with van der Waals surface area (Å²) in [4.78, 5) is 15.2. The second-order valence-electron chi connectivity index (χ2n) is 6.61. The molecule has 0 spiro atoms. The lowest BCUT2D eigenvalue weighted by Crippen LogP contribution is -2.32. The van der Waals surface area contributed by atoms with Gasteiger partial charge in [0.1, 0.15) is 15.5 Å². The molecular weight excluding hydrogens is 414 g/mol. The monoisotopic (exact) mass is 433 g/mol. The molecule has 1 aromatic carbocycles. The molecule has 3 rings (SSSR count). The number of amides is 1. The largest absolute Gasteiger partial charge is 0.268 e. The molecule has 1 fully saturated rings. The van der Waals surface area contributed by atoms with Gasteiger partial charge in [-0.1, -0.05) is 30.9 Å². The minimum Gasteiger partial charge on any atom is -0.268 e. The number of hydrogen-bond donors (Lipinski definition) is 2. The molecule has 0 radical (unpaired) electrons. The first-order valence-electron chi connectivity index (χ1n) is 8.83. The van der Waals surface area contributed by atoms with Gasteiger partial charge in [-0.3, -0.25) is 4.79 Å². The summed E-state index contributed by atoms with van der Waals surface area (Å²) in [6.07, 6.45) is 5.72. The molecule has 29 heavy (non-hydrogen) atoms. The Kier molecular flexibility index (Phi) is 6.02. The van der Waals surface area contributed by atoms with E-state index >= 15 is 0 Å². The number of pyridine rings is 1. The van der Waals surface area contributed by atoms with Gasteiger partial charge < -0.3 is 0 Å². The van der Waals surface area contributed by atoms with Gasteiger partial charge in [-0.05, 0) is 43.0 Å². The first-order valence-corrected chi connectivity index (χ1v) is 11.9. The molecule has 10 heteroatoms. The highest BCUT2D eigenvalue weighted by Crippen LogP contribution is 2.23. The molecule has 0 bridgehead atoms. The van der Waals surface area contributed by atoms with Gasteiger partial charge in [-0.25, -0.2) is 31.7 Å². The van der Waals surface area contributed by atoms with Gasteiger partial charge >= 0.3 is 0 Å². The number of rotatable bonds is 4. The van der Waals surface area contributed by atoms with Crippen molar-refractivity contribution in [3.8, 4) is 11.8 Å². The summed E-state index contributed by atoms with van der Waals surface area (Å²) in [6.45, 7) is 0. The van der Waals surface area contributed by atoms with E-state index < -0.39 is 35.7 Å². The smallest absolute Gasteiger partial charge is 0.266 e. The SMILES string of the molecule is NS(=O)(=O)c1ccccc1S(=O)(=O)NC(=O)c1ccc(C#CC2CCCC2)nc1. The maximum absolute atomic E-state index is 12.5. The van der Waals surface area contributed by atoms with E-state index in [9.17, 15) is 21.6 Å². The zero-order chi connectivity index (χ0) is 21.1. The number of carbonyl (C=O) groups is 1. The van der Waals surface area contributed by atoms with Gasteiger partial charge in [-0.2, -0.15) is 0 Å². The van der Waals surface area contributed by atoms with Gasteiger partial charge in [0.15, 0.2) is 0 Å². The van der Waals surface area contributed by atoms with Crippen LogP contribution in [0.1, 0.15) is 41.7 Å². The quantitative estimate of drug-likeness (QED) is 0.699. The Bertz CT molecular complexity index is 1190. The number of hydrogen-bond acceptors (Lipinski definition) is 6. The Labute approximate surface area is 169 Å². The first-order chi connectivity index (χ1) is 13.7. The zero-order valence-electron chi connectivity index (χ0n) is 15.3. The minimum atomic E-state index is -4.47. The molecule has 1 saturated carbocycles. The molecule has 1 aliphatic carbocycles. The first kappa shape index (κ1) is 21.0. The maximum atomic E-state index is 12.5. The van der Waals surface area contributed by atoms with Crippen molar-refractivity contribution in [2.75, 3.05) is 0 Å². The summed E-state index contributed by atoms with van der Waals surface area (Å²) in [7, 11) is -8.76. The molecule has 2 aromatic rings. The van der Waals surface area contributed by atoms with Crippen LogP contribution >= 0.6 is 0 Å². The van der Waals surface area contributed by atoms with Crippen molar-refractivity contribution in [3.05, 3.63) is 53.9 Å². The molecule has 3 N–H and O–H groups in total. The van der Waals surface area contributed by atoms with E-state index in [0.717, 1.165) is 25.0 Å². The van der Waals surface area contributed by atoms with Crippen LogP contribution in [0.15, 0.2) is 52.4 Å². The molecule has 0 atom stereocenters. The van der Waals surface area contributed by atoms with Gasteiger partial charge in [0.25, 0.3) is 15.9 Å². The van der Waals surface area contributed by atoms with Crippen molar-refractivity contribution in [2.45, 2.75) is 35.5 Å². The average molecular weight is 434 g/mol. The minimum absolute atomic E-state index is 0.00641. The standard InChI is InChI=1S/C19H19N3O5S2/c20-28(24,25)17-7-3-4-8-18(17)29(26,27)22-19(23)15-10-12-16(21-13-15)11-9-14-5-1-2-6-14/h3-4,7-8,10,12-14H,1-2,5-6H2,(H,22,23)(H2,20,24,25). The van der Waals surface area contributed by atoms with E-state index in [2.05, 4.69) is 16.8 Å². The molecular formula is C19H19N3O5S2. The fourth-order valence-electron chi connectivity index (χ4n) is 2.99. The van der Waals surface area contributed by atoms with Crippen LogP contribution in [-0.2, 0) is 20.0 Å². The van der Waals surface area contributed by atoms with E-state index in [1.807, 2.05) is 4.72 Å². The topological polar surface area (TPSA) is 136 Å². The Morgan fingerprint density at radius 2 is 1.69 bits per heavy atom. The van der Waals surface area contributed by atoms with Gasteiger partial charge in [0, 0.05) is 12.1 Å². The van der Waals surface area contributed by atoms with E-state index in [1.54, 1.807) is 0 Å². The molecule has 1 heterocycles. The van der Waals surface area contributed by atoms with Gasteiger partial charge in [0.2, 0.25) is 10.0 Å². The van der Waals surface area contributed by atoms with Crippen LogP contribution < -0.4 is 9.86 Å². The Morgan fingerprint density at radius 3 is 2.28 bits per heavy atom. The van der Waals surface area contributed by atoms with Crippen molar-refractivity contribution in [1.82, 2.24) is 9.71 Å². The number of nitrogens with one attached hydrogen (secondary N) is 1. The van der Waals surface area contributed by atoms with Crippen molar-refractivity contribution >= 4 is 26.0 Å². The van der Waals surface area contributed by atoms with Crippen LogP contribution in [-0.4, -0.2) is 27.7 Å². The molecule has 8 nitrogen and oxygen atoms in total. The van der Waals surface area contributed by atoms with Gasteiger partial charge in [0.05, 0.1) is 5.56 Å². The molecule has 0 aliphatic heterocycles. The molecule has 0 saturated heterocycles. The second-order valence-corrected chi connectivity index (χ2v) is 9.79. The number of sulfonamides is 2. The van der Waals surface area contributed by atoms with E-state index in [1.165, 1.54) is 43.3 Å². The van der Waals surface area contributed by atoms with Crippen LogP contribution in [0.3, 0.4) is 0 Å². The summed E-state index contributed by atoms with van der Waals surface area (Å²) in [5.74, 6) is 5.53. The zero-order valence-corrected chi connectivity index (χ0v) is 17.0. The highest BCUT2D eigenvalue weighted by Gasteiger charge is 2.26. The molecule has 1 aliphatic rings. The molecule has 1 amide bonds. The van der Waals surface area contributed by atoms with Crippen molar-refractivity contribution < 1.29 is 21.6 Å². The van der Waals surface area contributed by atoms with Crippen LogP contribution in [0.25, 0.3) is 0 Å². The summed E-state index contributed by atoms with van der Waals surface area (Å²) in [5.41, 5.74) is 0.476. The lowest BCUT2D eigenvalue weighted by Gasteiger charge is -2.10. The highest BCUT2D eigenvalue weighted by atomic mass is 32.2. The Balaban J connectivity index is 1.78. The van der Waals surface area contributed by atoms with E-state index in [4.69, 9.17) is 5.14 Å². The normalized spacial score (nSPS) is 14.8. The molecule has 1 aromatic heterocycles. The summed E-state index contributed by atoms with van der Waals surface area (Å²) in [6, 6.07) is 7.69. The van der Waals surface area contributed by atoms with E-state index in [-0.39, 0.29) is 5.56 Å². The fraction of sp³-hybridized carbons (Fsp3) is 0.263. The number of nitrogens with two attached hydrogens (primary N) is 1. The van der Waals surface area contributed by atoms with Crippen LogP contribution in [0, 0.1) is 17.8 Å². The van der Waals surface area contributed by atoms with Crippen molar-refractivity contribution in [1.29, 1.82) is 0 Å². The lowest BCUT2D eigenvalue weighted by atomic mass is 10.1. The van der Waals surface area contributed by atoms with Gasteiger partial charge in [-0.15, -0.1) is 0 Å². The van der Waals surface area contributed by atoms with E-state index in [0.29, 0.717) is 11.6 Å². The summed E-state index contributed by atoms with van der Waals surface area (Å²) < 4.78 is 50.1. The third-order valence-corrected chi connectivity index (χ3v) is 6.94. The Hall–Kier alpha value is -2.74. The highest BCUT2D eigenvalue weighted by molar-refractivity contribution is 7.92. The number of nitrogens with zero attached hydrogens (tertiary/aromatic N) is 1. The summed E-state index contributed by atoms with van der Waals surface area (Å²) >= 11 is 0. The Morgan fingerprint density at radius 1 is 1.03 bits per heavy atom. The maximum Gasteiger partial charge on any atom is 0.266 e. The second kappa shape index (κ2) is 8.32. The predicted molar refractivity (Wildman–Crippen MR) is 106 cm³/mol. The fourth-order valence-corrected chi connectivity index (χ4v) is 5.35. The number of carbonyl (C=O) groups excluding carboxylic acids is 1. The van der Waals surface area contributed by atoms with Crippen LogP contribution in [0.5, 0.6) is 0 Å². The van der Waals surface area contributed by atoms with Crippen LogP contribution in [0.2, 0.25) is 0 Å². The predicted octanol–water partition coefficient (Wildman–Crippen LogP) is 1.39. The lowest BCUT2D eigenvalue weighted by molar-refractivity contribution is 0.0981.